The van der Waals surface area contributed by atoms with Crippen molar-refractivity contribution in [1.29, 1.82) is 0 Å². The van der Waals surface area contributed by atoms with Crippen LogP contribution in [0.25, 0.3) is 10.9 Å². The Morgan fingerprint density at radius 2 is 1.78 bits per heavy atom. The molecule has 166 valence electrons. The third kappa shape index (κ3) is 4.94. The molecule has 0 bridgehead atoms. The Kier molecular flexibility index (Phi) is 6.75. The van der Waals surface area contributed by atoms with Crippen LogP contribution in [-0.4, -0.2) is 47.2 Å². The van der Waals surface area contributed by atoms with Gasteiger partial charge in [-0.1, -0.05) is 23.7 Å². The summed E-state index contributed by atoms with van der Waals surface area (Å²) in [7, 11) is 0. The SMILES string of the molecule is O=C(NCCc1c[nH]c2ccc(Cl)cc12)C(=O)Nc1ccccc1C(=O)N1CCCCC1. The van der Waals surface area contributed by atoms with E-state index in [-0.39, 0.29) is 5.91 Å². The van der Waals surface area contributed by atoms with Crippen LogP contribution in [0.15, 0.2) is 48.7 Å². The van der Waals surface area contributed by atoms with Crippen LogP contribution in [0.4, 0.5) is 5.69 Å². The van der Waals surface area contributed by atoms with Gasteiger partial charge in [-0.05, 0) is 61.6 Å². The molecular formula is C24H25ClN4O3. The normalized spacial score (nSPS) is 13.7. The number of para-hydroxylation sites is 1. The molecule has 1 fully saturated rings. The predicted molar refractivity (Wildman–Crippen MR) is 125 cm³/mol. The minimum absolute atomic E-state index is 0.126. The Hall–Kier alpha value is -3.32. The summed E-state index contributed by atoms with van der Waals surface area (Å²) in [6, 6.07) is 12.4. The number of hydrogen-bond acceptors (Lipinski definition) is 3. The van der Waals surface area contributed by atoms with Crippen molar-refractivity contribution in [2.24, 2.45) is 0 Å². The highest BCUT2D eigenvalue weighted by Gasteiger charge is 2.22. The number of aromatic nitrogens is 1. The Balaban J connectivity index is 1.35. The molecular weight excluding hydrogens is 428 g/mol. The van der Waals surface area contributed by atoms with Crippen LogP contribution in [0.3, 0.4) is 0 Å². The van der Waals surface area contributed by atoms with E-state index < -0.39 is 11.8 Å². The second-order valence-electron chi connectivity index (χ2n) is 7.86. The number of amides is 3. The van der Waals surface area contributed by atoms with E-state index in [1.807, 2.05) is 24.4 Å². The molecule has 0 saturated carbocycles. The number of carbonyl (C=O) groups is 3. The fourth-order valence-electron chi connectivity index (χ4n) is 3.97. The average molecular weight is 453 g/mol. The van der Waals surface area contributed by atoms with Gasteiger partial charge in [0.1, 0.15) is 0 Å². The highest BCUT2D eigenvalue weighted by atomic mass is 35.5. The molecule has 8 heteroatoms. The molecule has 3 aromatic rings. The molecule has 0 aliphatic carbocycles. The number of hydrogen-bond donors (Lipinski definition) is 3. The molecule has 0 atom stereocenters. The van der Waals surface area contributed by atoms with E-state index in [1.54, 1.807) is 29.2 Å². The van der Waals surface area contributed by atoms with Crippen molar-refractivity contribution in [1.82, 2.24) is 15.2 Å². The number of carbonyl (C=O) groups excluding carboxylic acids is 3. The van der Waals surface area contributed by atoms with E-state index in [2.05, 4.69) is 15.6 Å². The number of nitrogens with zero attached hydrogens (tertiary/aromatic N) is 1. The lowest BCUT2D eigenvalue weighted by Gasteiger charge is -2.27. The van der Waals surface area contributed by atoms with Crippen LogP contribution in [-0.2, 0) is 16.0 Å². The highest BCUT2D eigenvalue weighted by Crippen LogP contribution is 2.23. The summed E-state index contributed by atoms with van der Waals surface area (Å²) in [5.41, 5.74) is 2.70. The third-order valence-corrected chi connectivity index (χ3v) is 5.90. The molecule has 7 nitrogen and oxygen atoms in total. The first-order valence-corrected chi connectivity index (χ1v) is 11.1. The van der Waals surface area contributed by atoms with Crippen molar-refractivity contribution in [3.8, 4) is 0 Å². The van der Waals surface area contributed by atoms with E-state index in [1.165, 1.54) is 0 Å². The number of halogens is 1. The maximum absolute atomic E-state index is 12.9. The number of aromatic amines is 1. The van der Waals surface area contributed by atoms with Crippen molar-refractivity contribution in [3.05, 3.63) is 64.8 Å². The molecule has 1 saturated heterocycles. The number of H-pyrrole nitrogens is 1. The molecule has 3 N–H and O–H groups in total. The summed E-state index contributed by atoms with van der Waals surface area (Å²) in [4.78, 5) is 42.6. The standard InChI is InChI=1S/C24H25ClN4O3/c25-17-8-9-20-19(14-17)16(15-27-20)10-11-26-22(30)23(31)28-21-7-3-2-6-18(21)24(32)29-12-4-1-5-13-29/h2-3,6-9,14-15,27H,1,4-5,10-13H2,(H,26,30)(H,28,31). The molecule has 1 aliphatic rings. The topological polar surface area (TPSA) is 94.3 Å². The van der Waals surface area contributed by atoms with E-state index in [9.17, 15) is 14.4 Å². The number of nitrogens with one attached hydrogen (secondary N) is 3. The molecule has 32 heavy (non-hydrogen) atoms. The van der Waals surface area contributed by atoms with Gasteiger partial charge >= 0.3 is 11.8 Å². The maximum atomic E-state index is 12.9. The maximum Gasteiger partial charge on any atom is 0.313 e. The Labute approximate surface area is 191 Å². The lowest BCUT2D eigenvalue weighted by atomic mass is 10.1. The molecule has 0 unspecified atom stereocenters. The van der Waals surface area contributed by atoms with E-state index in [0.717, 1.165) is 35.7 Å². The Bertz CT molecular complexity index is 1150. The summed E-state index contributed by atoms with van der Waals surface area (Å²) < 4.78 is 0. The van der Waals surface area contributed by atoms with Gasteiger partial charge in [0.25, 0.3) is 5.91 Å². The lowest BCUT2D eigenvalue weighted by molar-refractivity contribution is -0.136. The monoisotopic (exact) mass is 452 g/mol. The number of anilines is 1. The van der Waals surface area contributed by atoms with Crippen LogP contribution in [0.5, 0.6) is 0 Å². The third-order valence-electron chi connectivity index (χ3n) is 5.66. The van der Waals surface area contributed by atoms with Crippen LogP contribution in [0.1, 0.15) is 35.2 Å². The van der Waals surface area contributed by atoms with Gasteiger partial charge in [0, 0.05) is 41.8 Å². The Morgan fingerprint density at radius 1 is 1.00 bits per heavy atom. The van der Waals surface area contributed by atoms with Gasteiger partial charge in [0.2, 0.25) is 0 Å². The van der Waals surface area contributed by atoms with Crippen LogP contribution in [0.2, 0.25) is 5.02 Å². The zero-order chi connectivity index (χ0) is 22.5. The molecule has 1 aliphatic heterocycles. The Morgan fingerprint density at radius 3 is 2.59 bits per heavy atom. The van der Waals surface area contributed by atoms with E-state index in [4.69, 9.17) is 11.6 Å². The van der Waals surface area contributed by atoms with Gasteiger partial charge in [-0.2, -0.15) is 0 Å². The van der Waals surface area contributed by atoms with Gasteiger partial charge < -0.3 is 20.5 Å². The minimum atomic E-state index is -0.800. The lowest BCUT2D eigenvalue weighted by Crippen LogP contribution is -2.38. The van der Waals surface area contributed by atoms with Gasteiger partial charge in [-0.3, -0.25) is 14.4 Å². The van der Waals surface area contributed by atoms with Gasteiger partial charge in [-0.25, -0.2) is 0 Å². The highest BCUT2D eigenvalue weighted by molar-refractivity contribution is 6.40. The second-order valence-corrected chi connectivity index (χ2v) is 8.30. The van der Waals surface area contributed by atoms with E-state index in [0.29, 0.717) is 42.3 Å². The van der Waals surface area contributed by atoms with Gasteiger partial charge in [0.05, 0.1) is 11.3 Å². The summed E-state index contributed by atoms with van der Waals surface area (Å²) in [6.07, 6.45) is 5.49. The fraction of sp³-hybridized carbons (Fsp3) is 0.292. The number of piperidine rings is 1. The summed E-state index contributed by atoms with van der Waals surface area (Å²) in [6.45, 7) is 1.71. The number of fused-ring (bicyclic) bond motifs is 1. The largest absolute Gasteiger partial charge is 0.361 e. The van der Waals surface area contributed by atoms with Crippen LogP contribution < -0.4 is 10.6 Å². The van der Waals surface area contributed by atoms with Crippen LogP contribution >= 0.6 is 11.6 Å². The summed E-state index contributed by atoms with van der Waals surface area (Å²) in [5, 5.41) is 6.85. The van der Waals surface area contributed by atoms with Crippen molar-refractivity contribution in [2.75, 3.05) is 25.0 Å². The van der Waals surface area contributed by atoms with Crippen molar-refractivity contribution in [2.45, 2.75) is 25.7 Å². The fourth-order valence-corrected chi connectivity index (χ4v) is 4.15. The first kappa shape index (κ1) is 21.9. The average Bonchev–Trinajstić information content (AvgIpc) is 3.21. The van der Waals surface area contributed by atoms with Gasteiger partial charge in [-0.15, -0.1) is 0 Å². The first-order chi connectivity index (χ1) is 15.5. The predicted octanol–water partition coefficient (Wildman–Crippen LogP) is 3.74. The van der Waals surface area contributed by atoms with Crippen molar-refractivity contribution >= 4 is 45.9 Å². The first-order valence-electron chi connectivity index (χ1n) is 10.8. The summed E-state index contributed by atoms with van der Waals surface area (Å²) >= 11 is 6.07. The molecule has 2 heterocycles. The zero-order valence-corrected chi connectivity index (χ0v) is 18.4. The van der Waals surface area contributed by atoms with Crippen molar-refractivity contribution in [3.63, 3.8) is 0 Å². The number of rotatable bonds is 5. The van der Waals surface area contributed by atoms with Crippen LogP contribution in [0, 0.1) is 0 Å². The smallest absolute Gasteiger partial charge is 0.313 e. The summed E-state index contributed by atoms with van der Waals surface area (Å²) in [5.74, 6) is -1.67. The molecule has 0 radical (unpaired) electrons. The van der Waals surface area contributed by atoms with Crippen molar-refractivity contribution < 1.29 is 14.4 Å². The second kappa shape index (κ2) is 9.87. The zero-order valence-electron chi connectivity index (χ0n) is 17.6. The molecule has 2 aromatic carbocycles. The van der Waals surface area contributed by atoms with E-state index >= 15 is 0 Å². The number of benzene rings is 2. The number of likely N-dealkylation sites (tertiary alicyclic amines) is 1. The molecule has 3 amide bonds. The van der Waals surface area contributed by atoms with Gasteiger partial charge in [0.15, 0.2) is 0 Å². The quantitative estimate of drug-likeness (QED) is 0.514. The molecule has 1 aromatic heterocycles. The molecule has 4 rings (SSSR count). The minimum Gasteiger partial charge on any atom is -0.361 e. The molecule has 0 spiro atoms.